The standard InChI is InChI=1S/C12H19N5O3S/c1-8(2)11-14-7-9(16-13)10(15-11)12(18)17-3-5-21(19,20)6-4-17/h7-8,16H,3-6,13H2,1-2H3. The maximum absolute atomic E-state index is 12.5. The molecule has 0 bridgehead atoms. The number of nitrogens with one attached hydrogen (secondary N) is 1. The monoisotopic (exact) mass is 313 g/mol. The zero-order valence-corrected chi connectivity index (χ0v) is 12.9. The highest BCUT2D eigenvalue weighted by atomic mass is 32.2. The topological polar surface area (TPSA) is 118 Å². The lowest BCUT2D eigenvalue weighted by molar-refractivity contribution is 0.0765. The van der Waals surface area contributed by atoms with Crippen molar-refractivity contribution in [1.82, 2.24) is 14.9 Å². The van der Waals surface area contributed by atoms with Crippen molar-refractivity contribution >= 4 is 21.4 Å². The van der Waals surface area contributed by atoms with Crippen molar-refractivity contribution in [1.29, 1.82) is 0 Å². The van der Waals surface area contributed by atoms with Crippen molar-refractivity contribution in [2.75, 3.05) is 30.0 Å². The van der Waals surface area contributed by atoms with Crippen LogP contribution in [0.5, 0.6) is 0 Å². The Labute approximate surface area is 123 Å². The van der Waals surface area contributed by atoms with E-state index in [0.717, 1.165) is 0 Å². The Morgan fingerprint density at radius 3 is 2.52 bits per heavy atom. The molecule has 0 aromatic carbocycles. The zero-order valence-electron chi connectivity index (χ0n) is 12.0. The van der Waals surface area contributed by atoms with Crippen LogP contribution in [-0.2, 0) is 9.84 Å². The van der Waals surface area contributed by atoms with Crippen LogP contribution in [-0.4, -0.2) is 53.8 Å². The van der Waals surface area contributed by atoms with Crippen LogP contribution in [0.25, 0.3) is 0 Å². The number of aromatic nitrogens is 2. The first kappa shape index (κ1) is 15.6. The minimum absolute atomic E-state index is 0.0216. The van der Waals surface area contributed by atoms with Gasteiger partial charge in [0.15, 0.2) is 15.5 Å². The summed E-state index contributed by atoms with van der Waals surface area (Å²) in [6.07, 6.45) is 1.47. The third kappa shape index (κ3) is 3.48. The van der Waals surface area contributed by atoms with E-state index in [-0.39, 0.29) is 42.1 Å². The molecule has 0 aliphatic carbocycles. The van der Waals surface area contributed by atoms with Gasteiger partial charge in [-0.25, -0.2) is 18.4 Å². The van der Waals surface area contributed by atoms with Crippen LogP contribution in [0.4, 0.5) is 5.69 Å². The third-order valence-electron chi connectivity index (χ3n) is 3.31. The summed E-state index contributed by atoms with van der Waals surface area (Å²) in [5.41, 5.74) is 2.91. The van der Waals surface area contributed by atoms with E-state index in [9.17, 15) is 13.2 Å². The summed E-state index contributed by atoms with van der Waals surface area (Å²) < 4.78 is 22.9. The summed E-state index contributed by atoms with van der Waals surface area (Å²) >= 11 is 0. The fraction of sp³-hybridized carbons (Fsp3) is 0.583. The van der Waals surface area contributed by atoms with Crippen LogP contribution in [0.3, 0.4) is 0 Å². The van der Waals surface area contributed by atoms with Gasteiger partial charge in [0.2, 0.25) is 0 Å². The highest BCUT2D eigenvalue weighted by molar-refractivity contribution is 7.91. The number of sulfone groups is 1. The number of amides is 1. The molecule has 0 saturated carbocycles. The molecule has 9 heteroatoms. The van der Waals surface area contributed by atoms with Gasteiger partial charge in [0.05, 0.1) is 23.4 Å². The highest BCUT2D eigenvalue weighted by Crippen LogP contribution is 2.18. The Kier molecular flexibility index (Phi) is 4.43. The predicted molar refractivity (Wildman–Crippen MR) is 78.5 cm³/mol. The fourth-order valence-corrected chi connectivity index (χ4v) is 3.21. The number of hydrogen-bond acceptors (Lipinski definition) is 7. The Bertz CT molecular complexity index is 630. The largest absolute Gasteiger partial charge is 0.335 e. The first-order valence-electron chi connectivity index (χ1n) is 6.67. The second-order valence-electron chi connectivity index (χ2n) is 5.23. The van der Waals surface area contributed by atoms with Crippen molar-refractivity contribution in [2.24, 2.45) is 5.84 Å². The number of rotatable bonds is 3. The molecule has 3 N–H and O–H groups in total. The molecule has 8 nitrogen and oxygen atoms in total. The summed E-state index contributed by atoms with van der Waals surface area (Å²) in [6.45, 7) is 4.19. The average Bonchev–Trinajstić information content (AvgIpc) is 2.45. The molecular formula is C12H19N5O3S. The van der Waals surface area contributed by atoms with Gasteiger partial charge in [-0.2, -0.15) is 0 Å². The summed E-state index contributed by atoms with van der Waals surface area (Å²) in [5, 5.41) is 0. The van der Waals surface area contributed by atoms with Crippen LogP contribution >= 0.6 is 0 Å². The first-order valence-corrected chi connectivity index (χ1v) is 8.49. The fourth-order valence-electron chi connectivity index (χ4n) is 2.01. The van der Waals surface area contributed by atoms with Crippen LogP contribution < -0.4 is 11.3 Å². The molecule has 1 amide bonds. The lowest BCUT2D eigenvalue weighted by atomic mass is 10.2. The molecule has 2 rings (SSSR count). The molecular weight excluding hydrogens is 294 g/mol. The maximum Gasteiger partial charge on any atom is 0.274 e. The third-order valence-corrected chi connectivity index (χ3v) is 4.92. The average molecular weight is 313 g/mol. The quantitative estimate of drug-likeness (QED) is 0.583. The molecule has 1 aromatic rings. The minimum Gasteiger partial charge on any atom is -0.335 e. The summed E-state index contributed by atoms with van der Waals surface area (Å²) in [6, 6.07) is 0. The van der Waals surface area contributed by atoms with E-state index >= 15 is 0 Å². The molecule has 1 aliphatic heterocycles. The van der Waals surface area contributed by atoms with Crippen LogP contribution in [0, 0.1) is 0 Å². The van der Waals surface area contributed by atoms with E-state index in [0.29, 0.717) is 11.5 Å². The van der Waals surface area contributed by atoms with Crippen LogP contribution in [0.1, 0.15) is 36.1 Å². The van der Waals surface area contributed by atoms with Crippen molar-refractivity contribution in [3.63, 3.8) is 0 Å². The Morgan fingerprint density at radius 2 is 2.00 bits per heavy atom. The van der Waals surface area contributed by atoms with E-state index in [2.05, 4.69) is 15.4 Å². The molecule has 2 heterocycles. The van der Waals surface area contributed by atoms with E-state index < -0.39 is 9.84 Å². The maximum atomic E-state index is 12.5. The number of nitrogens with zero attached hydrogens (tertiary/aromatic N) is 3. The van der Waals surface area contributed by atoms with Gasteiger partial charge in [0.25, 0.3) is 5.91 Å². The second-order valence-corrected chi connectivity index (χ2v) is 7.54. The van der Waals surface area contributed by atoms with Crippen molar-refractivity contribution in [2.45, 2.75) is 19.8 Å². The molecule has 0 spiro atoms. The number of carbonyl (C=O) groups excluding carboxylic acids is 1. The van der Waals surface area contributed by atoms with E-state index in [1.54, 1.807) is 0 Å². The number of nitrogens with two attached hydrogens (primary N) is 1. The van der Waals surface area contributed by atoms with Crippen LogP contribution in [0.2, 0.25) is 0 Å². The predicted octanol–water partition coefficient (Wildman–Crippen LogP) is -0.244. The molecule has 1 aliphatic rings. The lowest BCUT2D eigenvalue weighted by Crippen LogP contribution is -2.44. The minimum atomic E-state index is -3.04. The zero-order chi connectivity index (χ0) is 15.6. The summed E-state index contributed by atoms with van der Waals surface area (Å²) in [7, 11) is -3.04. The Morgan fingerprint density at radius 1 is 1.38 bits per heavy atom. The molecule has 0 radical (unpaired) electrons. The van der Waals surface area contributed by atoms with Gasteiger partial charge in [-0.1, -0.05) is 13.8 Å². The van der Waals surface area contributed by atoms with E-state index in [4.69, 9.17) is 5.84 Å². The highest BCUT2D eigenvalue weighted by Gasteiger charge is 2.28. The number of hydrazine groups is 1. The summed E-state index contributed by atoms with van der Waals surface area (Å²) in [4.78, 5) is 22.4. The van der Waals surface area contributed by atoms with Gasteiger partial charge in [-0.3, -0.25) is 10.6 Å². The Hall–Kier alpha value is -1.74. The molecule has 116 valence electrons. The lowest BCUT2D eigenvalue weighted by Gasteiger charge is -2.27. The smallest absolute Gasteiger partial charge is 0.274 e. The van der Waals surface area contributed by atoms with E-state index in [1.807, 2.05) is 13.8 Å². The van der Waals surface area contributed by atoms with Gasteiger partial charge < -0.3 is 10.3 Å². The van der Waals surface area contributed by atoms with Crippen molar-refractivity contribution in [3.8, 4) is 0 Å². The molecule has 1 aromatic heterocycles. The molecule has 21 heavy (non-hydrogen) atoms. The molecule has 1 saturated heterocycles. The summed E-state index contributed by atoms with van der Waals surface area (Å²) in [5.74, 6) is 5.63. The van der Waals surface area contributed by atoms with E-state index in [1.165, 1.54) is 11.1 Å². The van der Waals surface area contributed by atoms with Gasteiger partial charge in [0.1, 0.15) is 5.82 Å². The SMILES string of the molecule is CC(C)c1ncc(NN)c(C(=O)N2CCS(=O)(=O)CC2)n1. The van der Waals surface area contributed by atoms with Gasteiger partial charge in [-0.05, 0) is 0 Å². The van der Waals surface area contributed by atoms with Gasteiger partial charge >= 0.3 is 0 Å². The number of anilines is 1. The second kappa shape index (κ2) is 5.94. The molecule has 0 atom stereocenters. The van der Waals surface area contributed by atoms with Gasteiger partial charge in [-0.15, -0.1) is 0 Å². The number of hydrogen-bond donors (Lipinski definition) is 2. The first-order chi connectivity index (χ1) is 9.84. The molecule has 0 unspecified atom stereocenters. The van der Waals surface area contributed by atoms with Gasteiger partial charge in [0, 0.05) is 19.0 Å². The molecule has 1 fully saturated rings. The van der Waals surface area contributed by atoms with Crippen molar-refractivity contribution in [3.05, 3.63) is 17.7 Å². The Balaban J connectivity index is 2.28. The van der Waals surface area contributed by atoms with Crippen molar-refractivity contribution < 1.29 is 13.2 Å². The normalized spacial score (nSPS) is 17.8. The number of carbonyl (C=O) groups is 1. The number of nitrogen functional groups attached to an aromatic ring is 1. The van der Waals surface area contributed by atoms with Crippen LogP contribution in [0.15, 0.2) is 6.20 Å².